The summed E-state index contributed by atoms with van der Waals surface area (Å²) >= 11 is 5.84. The minimum Gasteiger partial charge on any atom is -0.496 e. The number of halogens is 1. The van der Waals surface area contributed by atoms with Gasteiger partial charge in [-0.05, 0) is 30.3 Å². The Bertz CT molecular complexity index is 792. The number of carbonyl (C=O) groups excluding carboxylic acids is 2. The molecule has 0 aliphatic rings. The standard InChI is InChI=1S/C15H12ClN3O5/c1-24-13-7-4-10(16)8-12(13)15(21)18-17-14(20)9-2-5-11(6-3-9)19(22)23/h2-8H,1H3,(H,17,20)(H,18,21). The van der Waals surface area contributed by atoms with Crippen LogP contribution in [-0.4, -0.2) is 23.8 Å². The second kappa shape index (κ2) is 7.42. The van der Waals surface area contributed by atoms with Gasteiger partial charge < -0.3 is 4.74 Å². The van der Waals surface area contributed by atoms with E-state index in [4.69, 9.17) is 16.3 Å². The first-order valence-corrected chi connectivity index (χ1v) is 6.99. The molecule has 0 saturated heterocycles. The highest BCUT2D eigenvalue weighted by molar-refractivity contribution is 6.31. The third kappa shape index (κ3) is 3.99. The molecule has 0 atom stereocenters. The fourth-order valence-corrected chi connectivity index (χ4v) is 2.02. The number of hydrogen-bond donors (Lipinski definition) is 2. The summed E-state index contributed by atoms with van der Waals surface area (Å²) in [4.78, 5) is 34.0. The molecular formula is C15H12ClN3O5. The quantitative estimate of drug-likeness (QED) is 0.650. The fourth-order valence-electron chi connectivity index (χ4n) is 1.85. The van der Waals surface area contributed by atoms with E-state index < -0.39 is 16.7 Å². The summed E-state index contributed by atoms with van der Waals surface area (Å²) in [5, 5.41) is 10.9. The number of nitro groups is 1. The first-order valence-electron chi connectivity index (χ1n) is 6.61. The fraction of sp³-hybridized carbons (Fsp3) is 0.0667. The Morgan fingerprint density at radius 1 is 1.08 bits per heavy atom. The molecule has 0 unspecified atom stereocenters. The zero-order valence-electron chi connectivity index (χ0n) is 12.4. The number of methoxy groups -OCH3 is 1. The maximum Gasteiger partial charge on any atom is 0.273 e. The summed E-state index contributed by atoms with van der Waals surface area (Å²) in [6, 6.07) is 9.42. The van der Waals surface area contributed by atoms with Gasteiger partial charge >= 0.3 is 0 Å². The average molecular weight is 350 g/mol. The van der Waals surface area contributed by atoms with Gasteiger partial charge in [-0.25, -0.2) is 0 Å². The Labute approximate surface area is 141 Å². The van der Waals surface area contributed by atoms with Gasteiger partial charge in [0.05, 0.1) is 17.6 Å². The number of carbonyl (C=O) groups is 2. The zero-order valence-corrected chi connectivity index (χ0v) is 13.2. The largest absolute Gasteiger partial charge is 0.496 e. The lowest BCUT2D eigenvalue weighted by molar-refractivity contribution is -0.384. The first-order chi connectivity index (χ1) is 11.4. The Balaban J connectivity index is 2.04. The van der Waals surface area contributed by atoms with Gasteiger partial charge in [0.15, 0.2) is 0 Å². The van der Waals surface area contributed by atoms with Gasteiger partial charge in [0.2, 0.25) is 0 Å². The van der Waals surface area contributed by atoms with E-state index in [2.05, 4.69) is 10.9 Å². The topological polar surface area (TPSA) is 111 Å². The molecule has 0 saturated carbocycles. The van der Waals surface area contributed by atoms with Crippen molar-refractivity contribution in [1.82, 2.24) is 10.9 Å². The molecule has 124 valence electrons. The van der Waals surface area contributed by atoms with Crippen molar-refractivity contribution in [2.75, 3.05) is 7.11 Å². The molecule has 0 aliphatic heterocycles. The molecule has 0 heterocycles. The number of amides is 2. The van der Waals surface area contributed by atoms with Gasteiger partial charge in [-0.3, -0.25) is 30.6 Å². The van der Waals surface area contributed by atoms with Crippen LogP contribution in [0.25, 0.3) is 0 Å². The Hall–Kier alpha value is -3.13. The van der Waals surface area contributed by atoms with Crippen molar-refractivity contribution in [2.45, 2.75) is 0 Å². The van der Waals surface area contributed by atoms with Crippen LogP contribution in [0.1, 0.15) is 20.7 Å². The van der Waals surface area contributed by atoms with Gasteiger partial charge in [-0.2, -0.15) is 0 Å². The lowest BCUT2D eigenvalue weighted by Gasteiger charge is -2.10. The molecule has 2 aromatic rings. The van der Waals surface area contributed by atoms with Gasteiger partial charge in [0, 0.05) is 22.7 Å². The molecule has 2 N–H and O–H groups in total. The maximum atomic E-state index is 12.1. The number of nitrogens with zero attached hydrogens (tertiary/aromatic N) is 1. The van der Waals surface area contributed by atoms with Gasteiger partial charge in [0.1, 0.15) is 5.75 Å². The second-order valence-electron chi connectivity index (χ2n) is 4.56. The molecule has 0 bridgehead atoms. The van der Waals surface area contributed by atoms with Crippen LogP contribution < -0.4 is 15.6 Å². The molecule has 0 radical (unpaired) electrons. The van der Waals surface area contributed by atoms with Crippen molar-refractivity contribution in [3.63, 3.8) is 0 Å². The van der Waals surface area contributed by atoms with Crippen molar-refractivity contribution >= 4 is 29.1 Å². The predicted molar refractivity (Wildman–Crippen MR) is 86.0 cm³/mol. The lowest BCUT2D eigenvalue weighted by atomic mass is 10.2. The number of hydrazine groups is 1. The van der Waals surface area contributed by atoms with Gasteiger partial charge in [-0.15, -0.1) is 0 Å². The SMILES string of the molecule is COc1ccc(Cl)cc1C(=O)NNC(=O)c1ccc([N+](=O)[O-])cc1. The molecule has 0 spiro atoms. The summed E-state index contributed by atoms with van der Waals surface area (Å²) in [6.07, 6.45) is 0. The number of non-ortho nitro benzene ring substituents is 1. The van der Waals surface area contributed by atoms with E-state index in [0.717, 1.165) is 0 Å². The van der Waals surface area contributed by atoms with Crippen molar-refractivity contribution in [3.8, 4) is 5.75 Å². The smallest absolute Gasteiger partial charge is 0.273 e. The van der Waals surface area contributed by atoms with Gasteiger partial charge in [-0.1, -0.05) is 11.6 Å². The number of benzene rings is 2. The summed E-state index contributed by atoms with van der Waals surface area (Å²) < 4.78 is 5.05. The van der Waals surface area contributed by atoms with Crippen LogP contribution in [-0.2, 0) is 0 Å². The molecule has 0 fully saturated rings. The van der Waals surface area contributed by atoms with Crippen LogP contribution in [0.4, 0.5) is 5.69 Å². The van der Waals surface area contributed by atoms with Crippen LogP contribution in [0, 0.1) is 10.1 Å². The minimum atomic E-state index is -0.626. The van der Waals surface area contributed by atoms with Crippen LogP contribution in [0.3, 0.4) is 0 Å². The third-order valence-electron chi connectivity index (χ3n) is 3.04. The van der Waals surface area contributed by atoms with E-state index >= 15 is 0 Å². The van der Waals surface area contributed by atoms with Crippen LogP contribution in [0.5, 0.6) is 5.75 Å². The van der Waals surface area contributed by atoms with E-state index in [0.29, 0.717) is 10.8 Å². The molecule has 0 aliphatic carbocycles. The van der Waals surface area contributed by atoms with Crippen molar-refractivity contribution in [3.05, 3.63) is 68.7 Å². The Morgan fingerprint density at radius 3 is 2.29 bits per heavy atom. The number of rotatable bonds is 4. The normalized spacial score (nSPS) is 9.92. The first kappa shape index (κ1) is 17.2. The lowest BCUT2D eigenvalue weighted by Crippen LogP contribution is -2.41. The van der Waals surface area contributed by atoms with E-state index in [1.165, 1.54) is 43.5 Å². The third-order valence-corrected chi connectivity index (χ3v) is 3.27. The van der Waals surface area contributed by atoms with E-state index in [-0.39, 0.29) is 16.8 Å². The predicted octanol–water partition coefficient (Wildman–Crippen LogP) is 2.33. The highest BCUT2D eigenvalue weighted by atomic mass is 35.5. The maximum absolute atomic E-state index is 12.1. The summed E-state index contributed by atoms with van der Waals surface area (Å²) in [6.45, 7) is 0. The minimum absolute atomic E-state index is 0.140. The van der Waals surface area contributed by atoms with E-state index in [1.807, 2.05) is 0 Å². The van der Waals surface area contributed by atoms with Crippen LogP contribution >= 0.6 is 11.6 Å². The number of nitrogens with one attached hydrogen (secondary N) is 2. The van der Waals surface area contributed by atoms with Crippen molar-refractivity contribution < 1.29 is 19.2 Å². The Kier molecular flexibility index (Phi) is 5.33. The summed E-state index contributed by atoms with van der Waals surface area (Å²) in [7, 11) is 1.40. The summed E-state index contributed by atoms with van der Waals surface area (Å²) in [5.41, 5.74) is 4.59. The molecule has 8 nitrogen and oxygen atoms in total. The highest BCUT2D eigenvalue weighted by Crippen LogP contribution is 2.22. The average Bonchev–Trinajstić information content (AvgIpc) is 2.59. The van der Waals surface area contributed by atoms with Crippen molar-refractivity contribution in [1.29, 1.82) is 0 Å². The number of ether oxygens (including phenoxy) is 1. The second-order valence-corrected chi connectivity index (χ2v) is 4.99. The Morgan fingerprint density at radius 2 is 1.71 bits per heavy atom. The molecular weight excluding hydrogens is 338 g/mol. The summed E-state index contributed by atoms with van der Waals surface area (Å²) in [5.74, 6) is -0.953. The zero-order chi connectivity index (χ0) is 17.7. The van der Waals surface area contributed by atoms with Crippen LogP contribution in [0.15, 0.2) is 42.5 Å². The highest BCUT2D eigenvalue weighted by Gasteiger charge is 2.15. The molecule has 2 aromatic carbocycles. The monoisotopic (exact) mass is 349 g/mol. The number of nitro benzene ring substituents is 1. The van der Waals surface area contributed by atoms with Crippen LogP contribution in [0.2, 0.25) is 5.02 Å². The van der Waals surface area contributed by atoms with E-state index in [1.54, 1.807) is 6.07 Å². The number of hydrogen-bond acceptors (Lipinski definition) is 5. The molecule has 24 heavy (non-hydrogen) atoms. The van der Waals surface area contributed by atoms with E-state index in [9.17, 15) is 19.7 Å². The van der Waals surface area contributed by atoms with Gasteiger partial charge in [0.25, 0.3) is 17.5 Å². The molecule has 2 amide bonds. The van der Waals surface area contributed by atoms with Crippen molar-refractivity contribution in [2.24, 2.45) is 0 Å². The molecule has 9 heteroatoms. The molecule has 2 rings (SSSR count). The molecule has 0 aromatic heterocycles.